The quantitative estimate of drug-likeness (QED) is 0.162. The molecule has 2 nitrogen and oxygen atoms in total. The van der Waals surface area contributed by atoms with Crippen LogP contribution in [0.25, 0.3) is 98.4 Å². The second kappa shape index (κ2) is 10.2. The highest BCUT2D eigenvalue weighted by atomic mass is 15.0. The minimum atomic E-state index is -0.0797. The van der Waals surface area contributed by atoms with Gasteiger partial charge in [-0.15, -0.1) is 0 Å². The van der Waals surface area contributed by atoms with Gasteiger partial charge in [0.1, 0.15) is 0 Å². The van der Waals surface area contributed by atoms with Gasteiger partial charge in [-0.3, -0.25) is 0 Å². The fourth-order valence-electron chi connectivity index (χ4n) is 9.84. The maximum absolute atomic E-state index is 2.52. The molecule has 2 aromatic heterocycles. The van der Waals surface area contributed by atoms with Crippen LogP contribution in [0.15, 0.2) is 170 Å². The van der Waals surface area contributed by atoms with E-state index in [1.54, 1.807) is 0 Å². The summed E-state index contributed by atoms with van der Waals surface area (Å²) in [6, 6.07) is 63.4. The Morgan fingerprint density at radius 1 is 0.302 bits per heavy atom. The van der Waals surface area contributed by atoms with Gasteiger partial charge < -0.3 is 9.13 Å². The fraction of sp³-hybridized carbons (Fsp3) is 0.0588. The van der Waals surface area contributed by atoms with Crippen molar-refractivity contribution in [1.29, 1.82) is 0 Å². The van der Waals surface area contributed by atoms with E-state index in [1.807, 2.05) is 0 Å². The van der Waals surface area contributed by atoms with Crippen molar-refractivity contribution in [3.8, 4) is 22.5 Å². The number of para-hydroxylation sites is 3. The van der Waals surface area contributed by atoms with Crippen LogP contribution >= 0.6 is 0 Å². The van der Waals surface area contributed by atoms with Crippen molar-refractivity contribution in [3.05, 3.63) is 181 Å². The number of fused-ring (bicyclic) bond motifs is 15. The molecule has 11 aromatic rings. The molecule has 1 aliphatic rings. The third-order valence-corrected chi connectivity index (χ3v) is 12.3. The highest BCUT2D eigenvalue weighted by molar-refractivity contribution is 6.29. The monoisotopic (exact) mass is 674 g/mol. The van der Waals surface area contributed by atoms with E-state index >= 15 is 0 Å². The number of hydrogen-bond donors (Lipinski definition) is 0. The number of benzene rings is 9. The molecule has 9 aromatic carbocycles. The van der Waals surface area contributed by atoms with Crippen molar-refractivity contribution in [3.63, 3.8) is 0 Å². The van der Waals surface area contributed by atoms with Gasteiger partial charge in [-0.25, -0.2) is 0 Å². The Hall–Kier alpha value is -6.64. The third-order valence-electron chi connectivity index (χ3n) is 12.3. The standard InChI is InChI=1S/C51H34N2/c1-51(2)45-21-11-8-18-35(45)43-27-39-33-16-6-7-17-34(33)40-28-44-37-20-10-13-23-48(37)53(50(44)30-42(40)41(39)29-46(43)51)32-24-25-38-36-19-9-12-22-47(36)52(49(38)26-32)31-14-4-3-5-15-31/h3-30H,1-2H3. The molecule has 0 aliphatic heterocycles. The molecule has 2 heterocycles. The highest BCUT2D eigenvalue weighted by Gasteiger charge is 2.35. The van der Waals surface area contributed by atoms with Crippen LogP contribution in [0.1, 0.15) is 25.0 Å². The van der Waals surface area contributed by atoms with Gasteiger partial charge in [0, 0.05) is 38.3 Å². The van der Waals surface area contributed by atoms with E-state index in [4.69, 9.17) is 0 Å². The highest BCUT2D eigenvalue weighted by Crippen LogP contribution is 2.52. The number of rotatable bonds is 2. The smallest absolute Gasteiger partial charge is 0.0561 e. The Bertz CT molecular complexity index is 3360. The summed E-state index contributed by atoms with van der Waals surface area (Å²) in [6.07, 6.45) is 0. The lowest BCUT2D eigenvalue weighted by Gasteiger charge is -2.22. The lowest BCUT2D eigenvalue weighted by atomic mass is 9.81. The van der Waals surface area contributed by atoms with Crippen molar-refractivity contribution < 1.29 is 0 Å². The van der Waals surface area contributed by atoms with E-state index < -0.39 is 0 Å². The summed E-state index contributed by atoms with van der Waals surface area (Å²) in [5.41, 5.74) is 12.6. The van der Waals surface area contributed by atoms with E-state index in [9.17, 15) is 0 Å². The van der Waals surface area contributed by atoms with Crippen molar-refractivity contribution in [2.75, 3.05) is 0 Å². The molecule has 0 atom stereocenters. The summed E-state index contributed by atoms with van der Waals surface area (Å²) in [4.78, 5) is 0. The largest absolute Gasteiger partial charge is 0.309 e. The van der Waals surface area contributed by atoms with Gasteiger partial charge in [-0.05, 0) is 115 Å². The maximum atomic E-state index is 2.52. The first-order valence-corrected chi connectivity index (χ1v) is 18.6. The number of aromatic nitrogens is 2. The van der Waals surface area contributed by atoms with Crippen molar-refractivity contribution >= 4 is 75.9 Å². The minimum Gasteiger partial charge on any atom is -0.309 e. The van der Waals surface area contributed by atoms with Crippen LogP contribution < -0.4 is 0 Å². The Labute approximate surface area is 306 Å². The first-order chi connectivity index (χ1) is 26.1. The summed E-state index contributed by atoms with van der Waals surface area (Å²) >= 11 is 0. The Kier molecular flexibility index (Phi) is 5.60. The maximum Gasteiger partial charge on any atom is 0.0561 e. The summed E-state index contributed by atoms with van der Waals surface area (Å²) in [7, 11) is 0. The molecule has 0 fully saturated rings. The van der Waals surface area contributed by atoms with Gasteiger partial charge in [0.05, 0.1) is 22.1 Å². The average Bonchev–Trinajstić information content (AvgIpc) is 3.79. The zero-order valence-electron chi connectivity index (χ0n) is 29.6. The van der Waals surface area contributed by atoms with Crippen LogP contribution in [0.5, 0.6) is 0 Å². The summed E-state index contributed by atoms with van der Waals surface area (Å²) in [5.74, 6) is 0. The van der Waals surface area contributed by atoms with E-state index in [2.05, 4.69) is 193 Å². The van der Waals surface area contributed by atoms with E-state index in [0.29, 0.717) is 0 Å². The molecule has 2 heteroatoms. The first kappa shape index (κ1) is 29.0. The van der Waals surface area contributed by atoms with Crippen LogP contribution in [0.3, 0.4) is 0 Å². The van der Waals surface area contributed by atoms with Gasteiger partial charge in [-0.2, -0.15) is 0 Å². The Balaban J connectivity index is 1.21. The molecule has 0 saturated heterocycles. The molecule has 0 amide bonds. The molecule has 248 valence electrons. The third kappa shape index (κ3) is 3.77. The van der Waals surface area contributed by atoms with E-state index in [1.165, 1.54) is 104 Å². The number of nitrogens with zero attached hydrogens (tertiary/aromatic N) is 2. The lowest BCUT2D eigenvalue weighted by Crippen LogP contribution is -2.14. The molecular weight excluding hydrogens is 641 g/mol. The zero-order valence-corrected chi connectivity index (χ0v) is 29.6. The van der Waals surface area contributed by atoms with Gasteiger partial charge in [0.25, 0.3) is 0 Å². The van der Waals surface area contributed by atoms with E-state index in [0.717, 1.165) is 5.69 Å². The molecule has 0 saturated carbocycles. The summed E-state index contributed by atoms with van der Waals surface area (Å²) in [6.45, 7) is 4.77. The Morgan fingerprint density at radius 2 is 0.830 bits per heavy atom. The molecule has 0 radical (unpaired) electrons. The molecule has 0 N–H and O–H groups in total. The van der Waals surface area contributed by atoms with Gasteiger partial charge >= 0.3 is 0 Å². The SMILES string of the molecule is CC1(C)c2ccccc2-c2cc3c4ccccc4c4cc5c6ccccc6n(-c6ccc7c8ccccc8n(-c8ccccc8)c7c6)c5cc4c3cc21. The first-order valence-electron chi connectivity index (χ1n) is 18.6. The summed E-state index contributed by atoms with van der Waals surface area (Å²) < 4.78 is 4.90. The van der Waals surface area contributed by atoms with Crippen molar-refractivity contribution in [2.45, 2.75) is 19.3 Å². The van der Waals surface area contributed by atoms with Crippen LogP contribution in [0, 0.1) is 0 Å². The molecular formula is C51H34N2. The van der Waals surface area contributed by atoms with Crippen LogP contribution in [-0.4, -0.2) is 9.13 Å². The fourth-order valence-corrected chi connectivity index (χ4v) is 9.84. The molecule has 0 bridgehead atoms. The average molecular weight is 675 g/mol. The predicted molar refractivity (Wildman–Crippen MR) is 225 cm³/mol. The molecule has 0 spiro atoms. The van der Waals surface area contributed by atoms with Crippen LogP contribution in [0.4, 0.5) is 0 Å². The zero-order chi connectivity index (χ0) is 35.0. The number of hydrogen-bond acceptors (Lipinski definition) is 0. The van der Waals surface area contributed by atoms with Gasteiger partial charge in [-0.1, -0.05) is 123 Å². The molecule has 53 heavy (non-hydrogen) atoms. The predicted octanol–water partition coefficient (Wildman–Crippen LogP) is 13.6. The van der Waals surface area contributed by atoms with Crippen LogP contribution in [-0.2, 0) is 5.41 Å². The topological polar surface area (TPSA) is 9.86 Å². The van der Waals surface area contributed by atoms with E-state index in [-0.39, 0.29) is 5.41 Å². The molecule has 0 unspecified atom stereocenters. The lowest BCUT2D eigenvalue weighted by molar-refractivity contribution is 0.661. The normalized spacial score (nSPS) is 13.6. The summed E-state index contributed by atoms with van der Waals surface area (Å²) in [5, 5.41) is 12.9. The van der Waals surface area contributed by atoms with Crippen molar-refractivity contribution in [2.24, 2.45) is 0 Å². The molecule has 12 rings (SSSR count). The van der Waals surface area contributed by atoms with Gasteiger partial charge in [0.2, 0.25) is 0 Å². The van der Waals surface area contributed by atoms with Crippen molar-refractivity contribution in [1.82, 2.24) is 9.13 Å². The van der Waals surface area contributed by atoms with Gasteiger partial charge in [0.15, 0.2) is 0 Å². The minimum absolute atomic E-state index is 0.0797. The second-order valence-corrected chi connectivity index (χ2v) is 15.3. The Morgan fingerprint density at radius 3 is 1.58 bits per heavy atom. The second-order valence-electron chi connectivity index (χ2n) is 15.3. The molecule has 1 aliphatic carbocycles. The van der Waals surface area contributed by atoms with Crippen LogP contribution in [0.2, 0.25) is 0 Å².